The third kappa shape index (κ3) is 1.00. The third-order valence-electron chi connectivity index (χ3n) is 3.73. The lowest BCUT2D eigenvalue weighted by Gasteiger charge is -2.41. The second-order valence-corrected chi connectivity index (χ2v) is 4.47. The fraction of sp³-hybridized carbons (Fsp3) is 0.900. The Kier molecular flexibility index (Phi) is 1.79. The van der Waals surface area contributed by atoms with Gasteiger partial charge in [0.2, 0.25) is 0 Å². The Morgan fingerprint density at radius 1 is 1.38 bits per heavy atom. The van der Waals surface area contributed by atoms with Crippen molar-refractivity contribution in [1.82, 2.24) is 0 Å². The fourth-order valence-electron chi connectivity index (χ4n) is 2.55. The highest BCUT2D eigenvalue weighted by Crippen LogP contribution is 2.43. The summed E-state index contributed by atoms with van der Waals surface area (Å²) in [5.41, 5.74) is -1.42. The molecule has 3 atom stereocenters. The van der Waals surface area contributed by atoms with Gasteiger partial charge in [0.05, 0.1) is 6.04 Å². The maximum atomic E-state index is 10.3. The van der Waals surface area contributed by atoms with Crippen LogP contribution in [0.25, 0.3) is 0 Å². The number of aliphatic hydroxyl groups is 2. The quantitative estimate of drug-likeness (QED) is 0.586. The van der Waals surface area contributed by atoms with E-state index in [9.17, 15) is 10.2 Å². The van der Waals surface area contributed by atoms with E-state index in [4.69, 9.17) is 0 Å². The van der Waals surface area contributed by atoms with Crippen molar-refractivity contribution in [2.45, 2.75) is 56.8 Å². The van der Waals surface area contributed by atoms with Gasteiger partial charge in [0, 0.05) is 5.71 Å². The van der Waals surface area contributed by atoms with Gasteiger partial charge >= 0.3 is 0 Å². The molecule has 1 fully saturated rings. The van der Waals surface area contributed by atoms with Crippen molar-refractivity contribution in [1.29, 1.82) is 0 Å². The molecular weight excluding hydrogens is 166 g/mol. The zero-order valence-corrected chi connectivity index (χ0v) is 8.25. The van der Waals surface area contributed by atoms with Crippen LogP contribution in [0.3, 0.4) is 0 Å². The average Bonchev–Trinajstić information content (AvgIpc) is 2.24. The first-order valence-corrected chi connectivity index (χ1v) is 4.98. The molecular formula is C10H17NO2. The summed E-state index contributed by atoms with van der Waals surface area (Å²) < 4.78 is 0. The molecule has 1 saturated carbocycles. The Hall–Kier alpha value is -0.410. The van der Waals surface area contributed by atoms with Crippen molar-refractivity contribution < 1.29 is 10.2 Å². The smallest absolute Gasteiger partial charge is 0.130 e. The van der Waals surface area contributed by atoms with Gasteiger partial charge in [-0.05, 0) is 26.7 Å². The lowest BCUT2D eigenvalue weighted by atomic mass is 9.72. The van der Waals surface area contributed by atoms with Crippen molar-refractivity contribution in [2.24, 2.45) is 4.99 Å². The number of hydrogen-bond acceptors (Lipinski definition) is 3. The summed E-state index contributed by atoms with van der Waals surface area (Å²) in [7, 11) is 0. The Morgan fingerprint density at radius 2 is 2.08 bits per heavy atom. The molecule has 0 spiro atoms. The first kappa shape index (κ1) is 9.16. The van der Waals surface area contributed by atoms with Crippen LogP contribution in [0.1, 0.15) is 39.5 Å². The molecule has 2 rings (SSSR count). The van der Waals surface area contributed by atoms with Crippen LogP contribution in [-0.4, -0.2) is 33.2 Å². The summed E-state index contributed by atoms with van der Waals surface area (Å²) in [6, 6.07) is -0.0729. The summed E-state index contributed by atoms with van der Waals surface area (Å²) >= 11 is 0. The van der Waals surface area contributed by atoms with Gasteiger partial charge < -0.3 is 10.2 Å². The van der Waals surface area contributed by atoms with Gasteiger partial charge in [-0.3, -0.25) is 4.99 Å². The van der Waals surface area contributed by atoms with Crippen LogP contribution in [-0.2, 0) is 0 Å². The lowest BCUT2D eigenvalue weighted by molar-refractivity contribution is -0.119. The molecule has 1 heterocycles. The molecule has 3 unspecified atom stereocenters. The van der Waals surface area contributed by atoms with E-state index in [1.165, 1.54) is 0 Å². The normalized spacial score (nSPS) is 50.2. The Bertz CT molecular complexity index is 260. The summed E-state index contributed by atoms with van der Waals surface area (Å²) in [5, 5.41) is 20.5. The van der Waals surface area contributed by atoms with Gasteiger partial charge in [0.1, 0.15) is 11.2 Å². The van der Waals surface area contributed by atoms with E-state index in [0.29, 0.717) is 12.1 Å². The minimum absolute atomic E-state index is 0.0729. The van der Waals surface area contributed by atoms with Crippen molar-refractivity contribution in [2.75, 3.05) is 0 Å². The fourth-order valence-corrected chi connectivity index (χ4v) is 2.55. The van der Waals surface area contributed by atoms with Crippen LogP contribution in [0.4, 0.5) is 0 Å². The van der Waals surface area contributed by atoms with Crippen LogP contribution in [0, 0.1) is 0 Å². The van der Waals surface area contributed by atoms with Crippen LogP contribution < -0.4 is 0 Å². The van der Waals surface area contributed by atoms with Gasteiger partial charge in [-0.1, -0.05) is 12.8 Å². The zero-order chi connectivity index (χ0) is 9.69. The Morgan fingerprint density at radius 3 is 2.69 bits per heavy atom. The van der Waals surface area contributed by atoms with Crippen molar-refractivity contribution >= 4 is 5.71 Å². The summed E-state index contributed by atoms with van der Waals surface area (Å²) in [4.78, 5) is 4.35. The molecule has 3 nitrogen and oxygen atoms in total. The molecule has 3 heteroatoms. The first-order chi connectivity index (χ1) is 5.98. The second-order valence-electron chi connectivity index (χ2n) is 4.47. The van der Waals surface area contributed by atoms with E-state index in [-0.39, 0.29) is 6.04 Å². The average molecular weight is 183 g/mol. The SMILES string of the molecule is CC1=NC2CCCCC2(O)C1(C)O. The minimum Gasteiger partial charge on any atom is -0.384 e. The summed E-state index contributed by atoms with van der Waals surface area (Å²) in [6.07, 6.45) is 3.68. The summed E-state index contributed by atoms with van der Waals surface area (Å²) in [5.74, 6) is 0. The highest BCUT2D eigenvalue weighted by molar-refractivity contribution is 5.93. The van der Waals surface area contributed by atoms with E-state index >= 15 is 0 Å². The molecule has 1 aliphatic heterocycles. The maximum absolute atomic E-state index is 10.3. The van der Waals surface area contributed by atoms with Gasteiger partial charge in [0.25, 0.3) is 0 Å². The maximum Gasteiger partial charge on any atom is 0.130 e. The van der Waals surface area contributed by atoms with E-state index in [1.807, 2.05) is 0 Å². The molecule has 0 aromatic heterocycles. The largest absolute Gasteiger partial charge is 0.384 e. The predicted octanol–water partition coefficient (Wildman–Crippen LogP) is 0.886. The number of rotatable bonds is 0. The van der Waals surface area contributed by atoms with Crippen LogP contribution in [0.15, 0.2) is 4.99 Å². The highest BCUT2D eigenvalue weighted by atomic mass is 16.4. The molecule has 0 amide bonds. The monoisotopic (exact) mass is 183 g/mol. The molecule has 1 aliphatic carbocycles. The Balaban J connectivity index is 2.37. The molecule has 2 aliphatic rings. The number of fused-ring (bicyclic) bond motifs is 1. The number of nitrogens with zero attached hydrogens (tertiary/aromatic N) is 1. The van der Waals surface area contributed by atoms with E-state index < -0.39 is 11.2 Å². The topological polar surface area (TPSA) is 52.8 Å². The molecule has 13 heavy (non-hydrogen) atoms. The molecule has 0 saturated heterocycles. The van der Waals surface area contributed by atoms with Gasteiger partial charge in [-0.2, -0.15) is 0 Å². The molecule has 0 aromatic rings. The summed E-state index contributed by atoms with van der Waals surface area (Å²) in [6.45, 7) is 3.48. The van der Waals surface area contributed by atoms with E-state index in [0.717, 1.165) is 19.3 Å². The zero-order valence-electron chi connectivity index (χ0n) is 8.25. The van der Waals surface area contributed by atoms with Crippen LogP contribution >= 0.6 is 0 Å². The minimum atomic E-state index is -1.11. The Labute approximate surface area is 78.5 Å². The number of aliphatic imine (C=N–C) groups is 1. The van der Waals surface area contributed by atoms with Crippen LogP contribution in [0.5, 0.6) is 0 Å². The van der Waals surface area contributed by atoms with Crippen LogP contribution in [0.2, 0.25) is 0 Å². The van der Waals surface area contributed by atoms with Gasteiger partial charge in [-0.15, -0.1) is 0 Å². The van der Waals surface area contributed by atoms with E-state index in [1.54, 1.807) is 13.8 Å². The van der Waals surface area contributed by atoms with Crippen molar-refractivity contribution in [3.63, 3.8) is 0 Å². The molecule has 74 valence electrons. The standard InChI is InChI=1S/C10H17NO2/c1-7-9(2,12)10(13)6-4-3-5-8(10)11-7/h8,12-13H,3-6H2,1-2H3. The second kappa shape index (κ2) is 2.55. The molecule has 0 radical (unpaired) electrons. The van der Waals surface area contributed by atoms with Gasteiger partial charge in [0.15, 0.2) is 0 Å². The first-order valence-electron chi connectivity index (χ1n) is 4.98. The number of hydrogen-bond donors (Lipinski definition) is 2. The van der Waals surface area contributed by atoms with Gasteiger partial charge in [-0.25, -0.2) is 0 Å². The lowest BCUT2D eigenvalue weighted by Crippen LogP contribution is -2.58. The van der Waals surface area contributed by atoms with E-state index in [2.05, 4.69) is 4.99 Å². The predicted molar refractivity (Wildman–Crippen MR) is 50.9 cm³/mol. The van der Waals surface area contributed by atoms with Crippen molar-refractivity contribution in [3.05, 3.63) is 0 Å². The van der Waals surface area contributed by atoms with Crippen molar-refractivity contribution in [3.8, 4) is 0 Å². The molecule has 2 N–H and O–H groups in total. The third-order valence-corrected chi connectivity index (χ3v) is 3.73. The highest BCUT2D eigenvalue weighted by Gasteiger charge is 2.57. The molecule has 0 bridgehead atoms. The molecule has 0 aromatic carbocycles.